The number of nitrogens with zero attached hydrogens (tertiary/aromatic N) is 1. The Morgan fingerprint density at radius 3 is 3.11 bits per heavy atom. The second-order valence-corrected chi connectivity index (χ2v) is 5.41. The first-order valence-corrected chi connectivity index (χ1v) is 7.15. The van der Waals surface area contributed by atoms with Crippen LogP contribution in [0, 0.1) is 6.92 Å². The topological polar surface area (TPSA) is 37.0 Å². The van der Waals surface area contributed by atoms with Gasteiger partial charge in [0.2, 0.25) is 0 Å². The molecule has 1 saturated heterocycles. The Labute approximate surface area is 114 Å². The highest BCUT2D eigenvalue weighted by molar-refractivity contribution is 5.92. The molecule has 1 unspecified atom stereocenters. The lowest BCUT2D eigenvalue weighted by molar-refractivity contribution is 0.414. The van der Waals surface area contributed by atoms with Gasteiger partial charge < -0.3 is 10.6 Å². The van der Waals surface area contributed by atoms with Crippen LogP contribution in [-0.2, 0) is 0 Å². The quantitative estimate of drug-likeness (QED) is 0.885. The summed E-state index contributed by atoms with van der Waals surface area (Å²) in [5.41, 5.74) is 1.28. The van der Waals surface area contributed by atoms with E-state index in [0.717, 1.165) is 18.9 Å². The molecule has 2 N–H and O–H groups in total. The molecule has 0 bridgehead atoms. The van der Waals surface area contributed by atoms with E-state index in [4.69, 9.17) is 0 Å². The number of anilines is 1. The summed E-state index contributed by atoms with van der Waals surface area (Å²) in [6.07, 6.45) is 5.79. The van der Waals surface area contributed by atoms with Gasteiger partial charge in [-0.05, 0) is 43.8 Å². The molecule has 100 valence electrons. The summed E-state index contributed by atoms with van der Waals surface area (Å²) in [6.45, 7) is 4.23. The van der Waals surface area contributed by atoms with Gasteiger partial charge in [0, 0.05) is 24.2 Å². The summed E-state index contributed by atoms with van der Waals surface area (Å²) in [6, 6.07) is 9.17. The second-order valence-electron chi connectivity index (χ2n) is 5.41. The molecule has 2 heterocycles. The van der Waals surface area contributed by atoms with Crippen molar-refractivity contribution in [2.45, 2.75) is 32.2 Å². The van der Waals surface area contributed by atoms with E-state index in [1.54, 1.807) is 0 Å². The number of aromatic nitrogens is 1. The van der Waals surface area contributed by atoms with Crippen molar-refractivity contribution < 1.29 is 0 Å². The van der Waals surface area contributed by atoms with Crippen molar-refractivity contribution in [3.63, 3.8) is 0 Å². The van der Waals surface area contributed by atoms with Gasteiger partial charge >= 0.3 is 0 Å². The number of aryl methyl sites for hydroxylation is 1. The Balaban J connectivity index is 1.78. The van der Waals surface area contributed by atoms with Crippen LogP contribution in [0.4, 0.5) is 5.82 Å². The van der Waals surface area contributed by atoms with Crippen molar-refractivity contribution >= 4 is 16.6 Å². The van der Waals surface area contributed by atoms with E-state index in [2.05, 4.69) is 46.8 Å². The van der Waals surface area contributed by atoms with Gasteiger partial charge in [-0.15, -0.1) is 0 Å². The second kappa shape index (κ2) is 5.57. The molecule has 3 rings (SSSR count). The molecule has 0 radical (unpaired) electrons. The Morgan fingerprint density at radius 2 is 2.26 bits per heavy atom. The summed E-state index contributed by atoms with van der Waals surface area (Å²) in [4.78, 5) is 4.49. The van der Waals surface area contributed by atoms with Gasteiger partial charge in [0.25, 0.3) is 0 Å². The maximum Gasteiger partial charge on any atom is 0.133 e. The van der Waals surface area contributed by atoms with Crippen LogP contribution in [0.15, 0.2) is 30.5 Å². The van der Waals surface area contributed by atoms with Gasteiger partial charge in [-0.1, -0.05) is 24.1 Å². The number of hydrogen-bond donors (Lipinski definition) is 2. The van der Waals surface area contributed by atoms with Crippen LogP contribution < -0.4 is 10.6 Å². The van der Waals surface area contributed by atoms with Crippen molar-refractivity contribution in [2.75, 3.05) is 18.4 Å². The minimum absolute atomic E-state index is 0.579. The maximum atomic E-state index is 4.49. The zero-order chi connectivity index (χ0) is 13.1. The average molecular weight is 255 g/mol. The monoisotopic (exact) mass is 255 g/mol. The highest BCUT2D eigenvalue weighted by Crippen LogP contribution is 2.22. The molecule has 1 fully saturated rings. The molecule has 0 saturated carbocycles. The number of hydrogen-bond acceptors (Lipinski definition) is 3. The Hall–Kier alpha value is -1.61. The standard InChI is InChI=1S/C16H21N3/c1-12-5-6-13-7-9-18-16(15(13)10-12)19-11-14-4-2-3-8-17-14/h5-7,9-10,14,17H,2-4,8,11H2,1H3,(H,18,19). The van der Waals surface area contributed by atoms with Gasteiger partial charge in [0.1, 0.15) is 5.82 Å². The Morgan fingerprint density at radius 1 is 1.32 bits per heavy atom. The first-order valence-electron chi connectivity index (χ1n) is 7.15. The molecule has 1 atom stereocenters. The molecule has 1 aliphatic heterocycles. The predicted molar refractivity (Wildman–Crippen MR) is 80.6 cm³/mol. The van der Waals surface area contributed by atoms with Crippen LogP contribution >= 0.6 is 0 Å². The van der Waals surface area contributed by atoms with Crippen molar-refractivity contribution in [3.8, 4) is 0 Å². The number of rotatable bonds is 3. The van der Waals surface area contributed by atoms with Crippen LogP contribution in [0.2, 0.25) is 0 Å². The summed E-state index contributed by atoms with van der Waals surface area (Å²) in [5, 5.41) is 9.54. The van der Waals surface area contributed by atoms with Crippen molar-refractivity contribution in [1.82, 2.24) is 10.3 Å². The van der Waals surface area contributed by atoms with Crippen LogP contribution in [0.1, 0.15) is 24.8 Å². The highest BCUT2D eigenvalue weighted by atomic mass is 15.0. The molecule has 0 spiro atoms. The molecular formula is C16H21N3. The van der Waals surface area contributed by atoms with Gasteiger partial charge in [-0.2, -0.15) is 0 Å². The minimum atomic E-state index is 0.579. The lowest BCUT2D eigenvalue weighted by Crippen LogP contribution is -2.39. The fraction of sp³-hybridized carbons (Fsp3) is 0.438. The largest absolute Gasteiger partial charge is 0.368 e. The third kappa shape index (κ3) is 2.87. The molecule has 2 aromatic rings. The molecular weight excluding hydrogens is 234 g/mol. The molecule has 1 aromatic carbocycles. The zero-order valence-corrected chi connectivity index (χ0v) is 11.4. The van der Waals surface area contributed by atoms with E-state index in [9.17, 15) is 0 Å². The number of pyridine rings is 1. The van der Waals surface area contributed by atoms with Gasteiger partial charge in [-0.3, -0.25) is 0 Å². The molecule has 3 heteroatoms. The van der Waals surface area contributed by atoms with E-state index in [1.165, 1.54) is 35.6 Å². The van der Waals surface area contributed by atoms with Crippen LogP contribution in [0.5, 0.6) is 0 Å². The lowest BCUT2D eigenvalue weighted by Gasteiger charge is -2.24. The summed E-state index contributed by atoms with van der Waals surface area (Å²) >= 11 is 0. The van der Waals surface area contributed by atoms with E-state index in [1.807, 2.05) is 6.20 Å². The highest BCUT2D eigenvalue weighted by Gasteiger charge is 2.12. The van der Waals surface area contributed by atoms with Crippen LogP contribution in [-0.4, -0.2) is 24.1 Å². The van der Waals surface area contributed by atoms with E-state index < -0.39 is 0 Å². The van der Waals surface area contributed by atoms with E-state index in [0.29, 0.717) is 6.04 Å². The summed E-state index contributed by atoms with van der Waals surface area (Å²) in [7, 11) is 0. The minimum Gasteiger partial charge on any atom is -0.368 e. The molecule has 3 nitrogen and oxygen atoms in total. The van der Waals surface area contributed by atoms with Gasteiger partial charge in [0.15, 0.2) is 0 Å². The SMILES string of the molecule is Cc1ccc2ccnc(NCC3CCCCN3)c2c1. The van der Waals surface area contributed by atoms with E-state index in [-0.39, 0.29) is 0 Å². The van der Waals surface area contributed by atoms with E-state index >= 15 is 0 Å². The molecule has 0 aliphatic carbocycles. The first kappa shape index (κ1) is 12.4. The Kier molecular flexibility index (Phi) is 3.65. The normalized spacial score (nSPS) is 19.5. The van der Waals surface area contributed by atoms with Gasteiger partial charge in [-0.25, -0.2) is 4.98 Å². The zero-order valence-electron chi connectivity index (χ0n) is 11.4. The number of nitrogens with one attached hydrogen (secondary N) is 2. The fourth-order valence-electron chi connectivity index (χ4n) is 2.74. The van der Waals surface area contributed by atoms with Crippen molar-refractivity contribution in [3.05, 3.63) is 36.0 Å². The van der Waals surface area contributed by atoms with Crippen LogP contribution in [0.25, 0.3) is 10.8 Å². The smallest absolute Gasteiger partial charge is 0.133 e. The molecule has 0 amide bonds. The first-order chi connectivity index (χ1) is 9.33. The maximum absolute atomic E-state index is 4.49. The molecule has 19 heavy (non-hydrogen) atoms. The third-order valence-electron chi connectivity index (χ3n) is 3.85. The molecule has 1 aromatic heterocycles. The average Bonchev–Trinajstić information content (AvgIpc) is 2.46. The molecule has 1 aliphatic rings. The number of piperidine rings is 1. The predicted octanol–water partition coefficient (Wildman–Crippen LogP) is 3.10. The lowest BCUT2D eigenvalue weighted by atomic mass is 10.0. The van der Waals surface area contributed by atoms with Crippen molar-refractivity contribution in [2.24, 2.45) is 0 Å². The number of fused-ring (bicyclic) bond motifs is 1. The summed E-state index contributed by atoms with van der Waals surface area (Å²) < 4.78 is 0. The fourth-order valence-corrected chi connectivity index (χ4v) is 2.74. The summed E-state index contributed by atoms with van der Waals surface area (Å²) in [5.74, 6) is 1.01. The number of benzene rings is 1. The van der Waals surface area contributed by atoms with Crippen molar-refractivity contribution in [1.29, 1.82) is 0 Å². The van der Waals surface area contributed by atoms with Gasteiger partial charge in [0.05, 0.1) is 0 Å². The third-order valence-corrected chi connectivity index (χ3v) is 3.85. The van der Waals surface area contributed by atoms with Crippen LogP contribution in [0.3, 0.4) is 0 Å². The Bertz CT molecular complexity index is 559.